The van der Waals surface area contributed by atoms with Gasteiger partial charge in [0.25, 0.3) is 0 Å². The third-order valence-corrected chi connectivity index (χ3v) is 3.51. The molecule has 1 fully saturated rings. The fourth-order valence-electron chi connectivity index (χ4n) is 2.45. The van der Waals surface area contributed by atoms with Crippen LogP contribution in [0.4, 0.5) is 10.1 Å². The Hall–Kier alpha value is -1.05. The van der Waals surface area contributed by atoms with Gasteiger partial charge in [0.2, 0.25) is 0 Å². The van der Waals surface area contributed by atoms with Crippen molar-refractivity contribution >= 4 is 5.69 Å². The third kappa shape index (κ3) is 2.14. The average Bonchev–Trinajstić information content (AvgIpc) is 2.24. The first-order valence-electron chi connectivity index (χ1n) is 5.72. The van der Waals surface area contributed by atoms with Gasteiger partial charge in [0.05, 0.1) is 5.69 Å². The molecule has 1 aromatic carbocycles. The summed E-state index contributed by atoms with van der Waals surface area (Å²) in [5, 5.41) is 0. The highest BCUT2D eigenvalue weighted by Crippen LogP contribution is 2.37. The molecule has 0 unspecified atom stereocenters. The second-order valence-electron chi connectivity index (χ2n) is 4.71. The summed E-state index contributed by atoms with van der Waals surface area (Å²) < 4.78 is 13.8. The Morgan fingerprint density at radius 3 is 2.53 bits per heavy atom. The smallest absolute Gasteiger partial charge is 0.149 e. The van der Waals surface area contributed by atoms with Gasteiger partial charge in [0.1, 0.15) is 5.82 Å². The lowest BCUT2D eigenvalue weighted by Gasteiger charge is -2.26. The van der Waals surface area contributed by atoms with E-state index in [-0.39, 0.29) is 11.5 Å². The van der Waals surface area contributed by atoms with E-state index in [0.717, 1.165) is 24.3 Å². The number of nitrogen functional groups attached to an aromatic ring is 1. The van der Waals surface area contributed by atoms with Crippen molar-refractivity contribution in [3.8, 4) is 0 Å². The number of hydrogen-bond acceptors (Lipinski definition) is 1. The van der Waals surface area contributed by atoms with E-state index in [1.54, 1.807) is 6.07 Å². The molecule has 2 N–H and O–H groups in total. The number of anilines is 1. The fourth-order valence-corrected chi connectivity index (χ4v) is 2.45. The van der Waals surface area contributed by atoms with Gasteiger partial charge >= 0.3 is 0 Å². The second kappa shape index (κ2) is 4.21. The summed E-state index contributed by atoms with van der Waals surface area (Å²) >= 11 is 0. The molecule has 0 saturated heterocycles. The van der Waals surface area contributed by atoms with E-state index in [0.29, 0.717) is 5.92 Å². The topological polar surface area (TPSA) is 26.0 Å². The van der Waals surface area contributed by atoms with Crippen LogP contribution in [0.2, 0.25) is 0 Å². The minimum absolute atomic E-state index is 0.197. The summed E-state index contributed by atoms with van der Waals surface area (Å²) in [5.74, 6) is 0.979. The monoisotopic (exact) mass is 207 g/mol. The standard InChI is InChI=1S/C13H18FN/c1-9-5-7-10(8-6-9)11-3-2-4-12(15)13(11)14/h2-4,9-10H,5-8,15H2,1H3. The molecule has 2 heteroatoms. The zero-order valence-corrected chi connectivity index (χ0v) is 9.17. The van der Waals surface area contributed by atoms with Gasteiger partial charge in [-0.1, -0.05) is 31.9 Å². The predicted molar refractivity (Wildman–Crippen MR) is 61.2 cm³/mol. The summed E-state index contributed by atoms with van der Waals surface area (Å²) in [7, 11) is 0. The highest BCUT2D eigenvalue weighted by molar-refractivity contribution is 5.44. The fraction of sp³-hybridized carbons (Fsp3) is 0.538. The lowest BCUT2D eigenvalue weighted by atomic mass is 9.79. The second-order valence-corrected chi connectivity index (χ2v) is 4.71. The number of hydrogen-bond donors (Lipinski definition) is 1. The molecule has 0 aromatic heterocycles. The van der Waals surface area contributed by atoms with Crippen LogP contribution >= 0.6 is 0 Å². The van der Waals surface area contributed by atoms with Gasteiger partial charge in [-0.15, -0.1) is 0 Å². The highest BCUT2D eigenvalue weighted by atomic mass is 19.1. The van der Waals surface area contributed by atoms with Crippen LogP contribution in [-0.4, -0.2) is 0 Å². The van der Waals surface area contributed by atoms with Crippen molar-refractivity contribution in [1.82, 2.24) is 0 Å². The number of rotatable bonds is 1. The van der Waals surface area contributed by atoms with Crippen LogP contribution in [0, 0.1) is 11.7 Å². The summed E-state index contributed by atoms with van der Waals surface area (Å²) in [6.45, 7) is 2.27. The molecular weight excluding hydrogens is 189 g/mol. The molecule has 0 amide bonds. The van der Waals surface area contributed by atoms with Gasteiger partial charge in [-0.25, -0.2) is 4.39 Å². The number of benzene rings is 1. The molecule has 0 spiro atoms. The molecule has 0 aliphatic heterocycles. The van der Waals surface area contributed by atoms with Gasteiger partial charge in [0.15, 0.2) is 0 Å². The number of halogens is 1. The van der Waals surface area contributed by atoms with Crippen molar-refractivity contribution in [2.75, 3.05) is 5.73 Å². The lowest BCUT2D eigenvalue weighted by Crippen LogP contribution is -2.12. The van der Waals surface area contributed by atoms with Crippen LogP contribution in [0.15, 0.2) is 18.2 Å². The molecule has 0 radical (unpaired) electrons. The first-order chi connectivity index (χ1) is 7.18. The molecule has 0 atom stereocenters. The van der Waals surface area contributed by atoms with Gasteiger partial charge < -0.3 is 5.73 Å². The van der Waals surface area contributed by atoms with Crippen LogP contribution in [0.25, 0.3) is 0 Å². The Morgan fingerprint density at radius 2 is 1.87 bits per heavy atom. The van der Waals surface area contributed by atoms with Gasteiger partial charge in [-0.3, -0.25) is 0 Å². The van der Waals surface area contributed by atoms with E-state index in [4.69, 9.17) is 5.73 Å². The predicted octanol–water partition coefficient (Wildman–Crippen LogP) is 3.70. The normalized spacial score (nSPS) is 26.5. The maximum absolute atomic E-state index is 13.8. The van der Waals surface area contributed by atoms with E-state index in [2.05, 4.69) is 6.92 Å². The zero-order valence-electron chi connectivity index (χ0n) is 9.17. The van der Waals surface area contributed by atoms with E-state index in [1.165, 1.54) is 12.8 Å². The molecular formula is C13H18FN. The molecule has 1 nitrogen and oxygen atoms in total. The summed E-state index contributed by atoms with van der Waals surface area (Å²) in [5.41, 5.74) is 6.68. The maximum atomic E-state index is 13.8. The molecule has 82 valence electrons. The van der Waals surface area contributed by atoms with Crippen molar-refractivity contribution in [3.05, 3.63) is 29.6 Å². The first kappa shape index (κ1) is 10.5. The summed E-state index contributed by atoms with van der Waals surface area (Å²) in [6.07, 6.45) is 4.61. The molecule has 2 rings (SSSR count). The SMILES string of the molecule is CC1CCC(c2cccc(N)c2F)CC1. The minimum Gasteiger partial charge on any atom is -0.396 e. The third-order valence-electron chi connectivity index (χ3n) is 3.51. The van der Waals surface area contributed by atoms with Crippen LogP contribution in [0.3, 0.4) is 0 Å². The van der Waals surface area contributed by atoms with Crippen molar-refractivity contribution in [3.63, 3.8) is 0 Å². The molecule has 0 bridgehead atoms. The van der Waals surface area contributed by atoms with E-state index >= 15 is 0 Å². The highest BCUT2D eigenvalue weighted by Gasteiger charge is 2.22. The Kier molecular flexibility index (Phi) is 2.94. The van der Waals surface area contributed by atoms with Gasteiger partial charge in [0, 0.05) is 0 Å². The van der Waals surface area contributed by atoms with Crippen molar-refractivity contribution in [2.24, 2.45) is 5.92 Å². The largest absolute Gasteiger partial charge is 0.396 e. The van der Waals surface area contributed by atoms with E-state index in [1.807, 2.05) is 12.1 Å². The van der Waals surface area contributed by atoms with E-state index in [9.17, 15) is 4.39 Å². The molecule has 1 aromatic rings. The number of nitrogens with two attached hydrogens (primary N) is 1. The zero-order chi connectivity index (χ0) is 10.8. The van der Waals surface area contributed by atoms with Gasteiger partial charge in [-0.2, -0.15) is 0 Å². The minimum atomic E-state index is -0.197. The first-order valence-corrected chi connectivity index (χ1v) is 5.72. The van der Waals surface area contributed by atoms with Crippen LogP contribution in [0.5, 0.6) is 0 Å². The maximum Gasteiger partial charge on any atom is 0.149 e. The van der Waals surface area contributed by atoms with Crippen LogP contribution in [0.1, 0.15) is 44.1 Å². The lowest BCUT2D eigenvalue weighted by molar-refractivity contribution is 0.342. The Labute approximate surface area is 90.5 Å². The van der Waals surface area contributed by atoms with Crippen molar-refractivity contribution < 1.29 is 4.39 Å². The summed E-state index contributed by atoms with van der Waals surface area (Å²) in [6, 6.07) is 5.36. The molecule has 1 aliphatic rings. The van der Waals surface area contributed by atoms with Crippen molar-refractivity contribution in [2.45, 2.75) is 38.5 Å². The molecule has 15 heavy (non-hydrogen) atoms. The quantitative estimate of drug-likeness (QED) is 0.698. The molecule has 1 aliphatic carbocycles. The molecule has 1 saturated carbocycles. The Balaban J connectivity index is 2.19. The Bertz CT molecular complexity index is 340. The van der Waals surface area contributed by atoms with Crippen molar-refractivity contribution in [1.29, 1.82) is 0 Å². The van der Waals surface area contributed by atoms with Crippen LogP contribution in [-0.2, 0) is 0 Å². The summed E-state index contributed by atoms with van der Waals surface area (Å²) in [4.78, 5) is 0. The Morgan fingerprint density at radius 1 is 1.20 bits per heavy atom. The van der Waals surface area contributed by atoms with E-state index < -0.39 is 0 Å². The molecule has 0 heterocycles. The average molecular weight is 207 g/mol. The van der Waals surface area contributed by atoms with Crippen LogP contribution < -0.4 is 5.73 Å². The van der Waals surface area contributed by atoms with Gasteiger partial charge in [-0.05, 0) is 36.3 Å².